The molecule has 0 fully saturated rings. The van der Waals surface area contributed by atoms with E-state index in [0.29, 0.717) is 30.3 Å². The van der Waals surface area contributed by atoms with Crippen LogP contribution in [0.5, 0.6) is 5.75 Å². The van der Waals surface area contributed by atoms with Crippen LogP contribution in [0.3, 0.4) is 0 Å². The SMILES string of the molecule is CCc1cc(C(=O)Nc2cccc(OCCN)c2)n(C)n1. The second-order valence-electron chi connectivity index (χ2n) is 4.62. The number of carbonyl (C=O) groups is 1. The van der Waals surface area contributed by atoms with E-state index in [2.05, 4.69) is 10.4 Å². The van der Waals surface area contributed by atoms with Gasteiger partial charge in [0.05, 0.1) is 5.69 Å². The number of anilines is 1. The topological polar surface area (TPSA) is 82.2 Å². The van der Waals surface area contributed by atoms with E-state index in [0.717, 1.165) is 12.1 Å². The van der Waals surface area contributed by atoms with Gasteiger partial charge < -0.3 is 15.8 Å². The molecule has 6 heteroatoms. The first-order chi connectivity index (χ1) is 10.1. The van der Waals surface area contributed by atoms with Crippen LogP contribution in [0.15, 0.2) is 30.3 Å². The molecular formula is C15H20N4O2. The quantitative estimate of drug-likeness (QED) is 0.845. The first kappa shape index (κ1) is 15.1. The fraction of sp³-hybridized carbons (Fsp3) is 0.333. The highest BCUT2D eigenvalue weighted by Gasteiger charge is 2.13. The van der Waals surface area contributed by atoms with Gasteiger partial charge in [-0.05, 0) is 24.6 Å². The predicted molar refractivity (Wildman–Crippen MR) is 81.5 cm³/mol. The van der Waals surface area contributed by atoms with Crippen molar-refractivity contribution in [1.29, 1.82) is 0 Å². The number of aromatic nitrogens is 2. The Morgan fingerprint density at radius 3 is 2.90 bits per heavy atom. The van der Waals surface area contributed by atoms with Gasteiger partial charge in [0.2, 0.25) is 0 Å². The van der Waals surface area contributed by atoms with Crippen LogP contribution in [0.4, 0.5) is 5.69 Å². The molecule has 112 valence electrons. The highest BCUT2D eigenvalue weighted by atomic mass is 16.5. The van der Waals surface area contributed by atoms with Crippen molar-refractivity contribution in [2.75, 3.05) is 18.5 Å². The van der Waals surface area contributed by atoms with Gasteiger partial charge in [0, 0.05) is 25.3 Å². The molecule has 0 aliphatic carbocycles. The van der Waals surface area contributed by atoms with Gasteiger partial charge in [-0.15, -0.1) is 0 Å². The van der Waals surface area contributed by atoms with Crippen LogP contribution in [0.1, 0.15) is 23.1 Å². The van der Waals surface area contributed by atoms with Gasteiger partial charge in [-0.3, -0.25) is 9.48 Å². The Bertz CT molecular complexity index is 622. The van der Waals surface area contributed by atoms with E-state index in [-0.39, 0.29) is 5.91 Å². The van der Waals surface area contributed by atoms with Crippen LogP contribution in [-0.2, 0) is 13.5 Å². The summed E-state index contributed by atoms with van der Waals surface area (Å²) in [6.45, 7) is 2.90. The lowest BCUT2D eigenvalue weighted by Gasteiger charge is -2.08. The summed E-state index contributed by atoms with van der Waals surface area (Å²) in [4.78, 5) is 12.3. The minimum absolute atomic E-state index is 0.194. The number of ether oxygens (including phenoxy) is 1. The Kier molecular flexibility index (Phi) is 4.94. The van der Waals surface area contributed by atoms with Gasteiger partial charge >= 0.3 is 0 Å². The summed E-state index contributed by atoms with van der Waals surface area (Å²) in [7, 11) is 1.76. The lowest BCUT2D eigenvalue weighted by atomic mass is 10.2. The van der Waals surface area contributed by atoms with Gasteiger partial charge in [0.15, 0.2) is 0 Å². The minimum Gasteiger partial charge on any atom is -0.492 e. The molecule has 21 heavy (non-hydrogen) atoms. The molecule has 0 radical (unpaired) electrons. The molecule has 0 saturated heterocycles. The molecule has 0 bridgehead atoms. The van der Waals surface area contributed by atoms with Crippen LogP contribution >= 0.6 is 0 Å². The lowest BCUT2D eigenvalue weighted by Crippen LogP contribution is -2.16. The van der Waals surface area contributed by atoms with Crippen molar-refractivity contribution < 1.29 is 9.53 Å². The molecule has 0 saturated carbocycles. The normalized spacial score (nSPS) is 10.4. The van der Waals surface area contributed by atoms with E-state index in [1.54, 1.807) is 23.9 Å². The maximum Gasteiger partial charge on any atom is 0.273 e. The molecule has 0 unspecified atom stereocenters. The Balaban J connectivity index is 2.10. The highest BCUT2D eigenvalue weighted by molar-refractivity contribution is 6.03. The molecule has 6 nitrogen and oxygen atoms in total. The molecule has 1 amide bonds. The van der Waals surface area contributed by atoms with Crippen molar-refractivity contribution >= 4 is 11.6 Å². The summed E-state index contributed by atoms with van der Waals surface area (Å²) in [6, 6.07) is 9.02. The minimum atomic E-state index is -0.194. The largest absolute Gasteiger partial charge is 0.492 e. The summed E-state index contributed by atoms with van der Waals surface area (Å²) < 4.78 is 7.02. The molecule has 1 heterocycles. The first-order valence-corrected chi connectivity index (χ1v) is 6.91. The lowest BCUT2D eigenvalue weighted by molar-refractivity contribution is 0.101. The average molecular weight is 288 g/mol. The molecule has 1 aromatic carbocycles. The molecule has 0 aliphatic rings. The maximum absolute atomic E-state index is 12.3. The summed E-state index contributed by atoms with van der Waals surface area (Å²) in [5, 5.41) is 7.11. The van der Waals surface area contributed by atoms with Gasteiger partial charge in [-0.2, -0.15) is 5.10 Å². The van der Waals surface area contributed by atoms with E-state index in [4.69, 9.17) is 10.5 Å². The second-order valence-corrected chi connectivity index (χ2v) is 4.62. The third-order valence-electron chi connectivity index (χ3n) is 3.00. The summed E-state index contributed by atoms with van der Waals surface area (Å²) in [5.41, 5.74) is 7.49. The van der Waals surface area contributed by atoms with Crippen molar-refractivity contribution in [2.24, 2.45) is 12.8 Å². The number of carbonyl (C=O) groups excluding carboxylic acids is 1. The Morgan fingerprint density at radius 1 is 1.43 bits per heavy atom. The standard InChI is InChI=1S/C15H20N4O2/c1-3-11-10-14(19(2)18-11)15(20)17-12-5-4-6-13(9-12)21-8-7-16/h4-6,9-10H,3,7-8,16H2,1-2H3,(H,17,20). The van der Waals surface area contributed by atoms with Crippen LogP contribution in [0.2, 0.25) is 0 Å². The Hall–Kier alpha value is -2.34. The number of nitrogens with two attached hydrogens (primary N) is 1. The Morgan fingerprint density at radius 2 is 2.24 bits per heavy atom. The summed E-state index contributed by atoms with van der Waals surface area (Å²) in [5.74, 6) is 0.484. The Labute approximate surface area is 123 Å². The molecule has 0 spiro atoms. The number of benzene rings is 1. The fourth-order valence-electron chi connectivity index (χ4n) is 1.95. The zero-order chi connectivity index (χ0) is 15.2. The summed E-state index contributed by atoms with van der Waals surface area (Å²) >= 11 is 0. The van der Waals surface area contributed by atoms with Gasteiger partial charge in [0.1, 0.15) is 18.1 Å². The number of nitrogens with zero attached hydrogens (tertiary/aromatic N) is 2. The number of amides is 1. The molecule has 0 atom stereocenters. The average Bonchev–Trinajstić information content (AvgIpc) is 2.87. The second kappa shape index (κ2) is 6.90. The van der Waals surface area contributed by atoms with Crippen LogP contribution in [-0.4, -0.2) is 28.8 Å². The van der Waals surface area contributed by atoms with Crippen molar-refractivity contribution in [3.63, 3.8) is 0 Å². The van der Waals surface area contributed by atoms with Crippen molar-refractivity contribution in [3.8, 4) is 5.75 Å². The van der Waals surface area contributed by atoms with Crippen molar-refractivity contribution in [2.45, 2.75) is 13.3 Å². The smallest absolute Gasteiger partial charge is 0.273 e. The van der Waals surface area contributed by atoms with Crippen LogP contribution < -0.4 is 15.8 Å². The molecule has 3 N–H and O–H groups in total. The van der Waals surface area contributed by atoms with E-state index in [1.807, 2.05) is 25.1 Å². The zero-order valence-corrected chi connectivity index (χ0v) is 12.3. The van der Waals surface area contributed by atoms with Crippen LogP contribution in [0, 0.1) is 0 Å². The first-order valence-electron chi connectivity index (χ1n) is 6.91. The zero-order valence-electron chi connectivity index (χ0n) is 12.3. The van der Waals surface area contributed by atoms with E-state index in [1.165, 1.54) is 0 Å². The van der Waals surface area contributed by atoms with Crippen LogP contribution in [0.25, 0.3) is 0 Å². The predicted octanol–water partition coefficient (Wildman–Crippen LogP) is 1.57. The number of aryl methyl sites for hydroxylation is 2. The number of hydrogen-bond donors (Lipinski definition) is 2. The van der Waals surface area contributed by atoms with E-state index >= 15 is 0 Å². The highest BCUT2D eigenvalue weighted by Crippen LogP contribution is 2.18. The monoisotopic (exact) mass is 288 g/mol. The van der Waals surface area contributed by atoms with Gasteiger partial charge in [-0.1, -0.05) is 13.0 Å². The molecule has 2 aromatic rings. The third-order valence-corrected chi connectivity index (χ3v) is 3.00. The summed E-state index contributed by atoms with van der Waals surface area (Å²) in [6.07, 6.45) is 0.795. The molecule has 0 aliphatic heterocycles. The number of hydrogen-bond acceptors (Lipinski definition) is 4. The number of nitrogens with one attached hydrogen (secondary N) is 1. The van der Waals surface area contributed by atoms with E-state index in [9.17, 15) is 4.79 Å². The van der Waals surface area contributed by atoms with E-state index < -0.39 is 0 Å². The molecule has 1 aromatic heterocycles. The maximum atomic E-state index is 12.3. The molecular weight excluding hydrogens is 268 g/mol. The van der Waals surface area contributed by atoms with Crippen molar-refractivity contribution in [1.82, 2.24) is 9.78 Å². The molecule has 2 rings (SSSR count). The third kappa shape index (κ3) is 3.82. The van der Waals surface area contributed by atoms with Gasteiger partial charge in [0.25, 0.3) is 5.91 Å². The number of rotatable bonds is 6. The van der Waals surface area contributed by atoms with Crippen molar-refractivity contribution in [3.05, 3.63) is 41.7 Å². The van der Waals surface area contributed by atoms with Gasteiger partial charge in [-0.25, -0.2) is 0 Å². The fourth-order valence-corrected chi connectivity index (χ4v) is 1.95.